The largest absolute Gasteiger partial charge is 0.283 e. The van der Waals surface area contributed by atoms with Gasteiger partial charge >= 0.3 is 0 Å². The number of carbonyl (C=O) groups is 1. The van der Waals surface area contributed by atoms with E-state index < -0.39 is 15.9 Å². The molecule has 3 rings (SSSR count). The van der Waals surface area contributed by atoms with Crippen LogP contribution in [0.3, 0.4) is 0 Å². The zero-order valence-corrected chi connectivity index (χ0v) is 18.1. The molecule has 0 spiro atoms. The number of thiazole rings is 1. The molecule has 3 aromatic rings. The number of carbonyl (C=O) groups excluding carboxylic acids is 1. The Morgan fingerprint density at radius 2 is 1.70 bits per heavy atom. The molecule has 10 heteroatoms. The summed E-state index contributed by atoms with van der Waals surface area (Å²) < 4.78 is 40.4. The highest BCUT2D eigenvalue weighted by Gasteiger charge is 2.20. The molecule has 0 fully saturated rings. The number of halogens is 1. The average Bonchev–Trinajstić information content (AvgIpc) is 3.06. The van der Waals surface area contributed by atoms with Gasteiger partial charge in [0.05, 0.1) is 16.3 Å². The summed E-state index contributed by atoms with van der Waals surface area (Å²) in [4.78, 5) is 16.9. The summed E-state index contributed by atoms with van der Waals surface area (Å²) in [5.74, 6) is -0.885. The number of nitrogens with zero attached hydrogens (tertiary/aromatic N) is 2. The van der Waals surface area contributed by atoms with Crippen LogP contribution in [0.5, 0.6) is 0 Å². The summed E-state index contributed by atoms with van der Waals surface area (Å²) in [6, 6.07) is 12.1. The summed E-state index contributed by atoms with van der Waals surface area (Å²) in [5, 5.41) is 4.10. The van der Waals surface area contributed by atoms with E-state index >= 15 is 0 Å². The molecule has 0 aliphatic heterocycles. The molecule has 0 saturated carbocycles. The number of amides is 1. The summed E-state index contributed by atoms with van der Waals surface area (Å²) in [6.07, 6.45) is 0. The van der Waals surface area contributed by atoms with Crippen molar-refractivity contribution < 1.29 is 17.6 Å². The molecule has 0 saturated heterocycles. The van der Waals surface area contributed by atoms with Gasteiger partial charge in [0.15, 0.2) is 5.13 Å². The van der Waals surface area contributed by atoms with Crippen LogP contribution in [-0.4, -0.2) is 25.0 Å². The van der Waals surface area contributed by atoms with Gasteiger partial charge in [-0.1, -0.05) is 41.2 Å². The number of nitrogens with one attached hydrogen (secondary N) is 2. The Balaban J connectivity index is 1.73. The molecule has 30 heavy (non-hydrogen) atoms. The molecule has 0 bridgehead atoms. The molecule has 2 N–H and O–H groups in total. The number of aryl methyl sites for hydroxylation is 2. The second kappa shape index (κ2) is 8.72. The standard InChI is InChI=1S/C20H19FN4O3S2/c1-12-4-10-17(11-5-12)30(27,28)25-20-22-14(3)18(29-20)19(26)24-23-13(2)15-6-8-16(21)9-7-15/h4-11H,1-3H3,(H,22,25)(H,24,26). The molecule has 0 atom stereocenters. The molecule has 1 amide bonds. The van der Waals surface area contributed by atoms with Gasteiger partial charge in [0.2, 0.25) is 0 Å². The molecule has 1 heterocycles. The smallest absolute Gasteiger partial charge is 0.266 e. The van der Waals surface area contributed by atoms with Crippen LogP contribution in [0.15, 0.2) is 58.5 Å². The third-order valence-corrected chi connectivity index (χ3v) is 6.70. The molecule has 0 aliphatic rings. The van der Waals surface area contributed by atoms with Gasteiger partial charge in [0.1, 0.15) is 10.7 Å². The maximum atomic E-state index is 13.0. The number of hydrazone groups is 1. The summed E-state index contributed by atoms with van der Waals surface area (Å²) >= 11 is 0.909. The van der Waals surface area contributed by atoms with E-state index in [-0.39, 0.29) is 20.7 Å². The first kappa shape index (κ1) is 21.6. The lowest BCUT2D eigenvalue weighted by Gasteiger charge is -2.05. The fourth-order valence-electron chi connectivity index (χ4n) is 2.48. The van der Waals surface area contributed by atoms with Crippen LogP contribution < -0.4 is 10.1 Å². The Kier molecular flexibility index (Phi) is 6.28. The third-order valence-electron chi connectivity index (χ3n) is 4.14. The van der Waals surface area contributed by atoms with E-state index in [0.29, 0.717) is 17.0 Å². The predicted molar refractivity (Wildman–Crippen MR) is 115 cm³/mol. The van der Waals surface area contributed by atoms with Crippen molar-refractivity contribution in [1.82, 2.24) is 10.4 Å². The van der Waals surface area contributed by atoms with E-state index in [9.17, 15) is 17.6 Å². The van der Waals surface area contributed by atoms with E-state index in [4.69, 9.17) is 0 Å². The van der Waals surface area contributed by atoms with Gasteiger partial charge in [0.25, 0.3) is 15.9 Å². The van der Waals surface area contributed by atoms with E-state index in [1.807, 2.05) is 6.92 Å². The number of sulfonamides is 1. The second-order valence-electron chi connectivity index (χ2n) is 6.50. The SMILES string of the molecule is CC(=NNC(=O)c1sc(NS(=O)(=O)c2ccc(C)cc2)nc1C)c1ccc(F)cc1. The summed E-state index contributed by atoms with van der Waals surface area (Å²) in [6.45, 7) is 5.14. The van der Waals surface area contributed by atoms with Crippen LogP contribution in [0.4, 0.5) is 9.52 Å². The molecule has 2 aromatic carbocycles. The molecule has 0 unspecified atom stereocenters. The van der Waals surface area contributed by atoms with Crippen LogP contribution in [-0.2, 0) is 10.0 Å². The van der Waals surface area contributed by atoms with Crippen molar-refractivity contribution in [2.45, 2.75) is 25.7 Å². The van der Waals surface area contributed by atoms with Crippen LogP contribution in [0, 0.1) is 19.7 Å². The molecule has 156 valence electrons. The fraction of sp³-hybridized carbons (Fsp3) is 0.150. The third kappa shape index (κ3) is 5.08. The quantitative estimate of drug-likeness (QED) is 0.444. The number of aromatic nitrogens is 1. The van der Waals surface area contributed by atoms with Gasteiger partial charge < -0.3 is 0 Å². The van der Waals surface area contributed by atoms with Crippen molar-refractivity contribution in [2.24, 2.45) is 5.10 Å². The Morgan fingerprint density at radius 1 is 1.07 bits per heavy atom. The van der Waals surface area contributed by atoms with Gasteiger partial charge in [-0.05, 0) is 50.6 Å². The van der Waals surface area contributed by atoms with Crippen molar-refractivity contribution >= 4 is 38.1 Å². The lowest BCUT2D eigenvalue weighted by Crippen LogP contribution is -2.19. The summed E-state index contributed by atoms with van der Waals surface area (Å²) in [5.41, 5.74) is 4.87. The normalized spacial score (nSPS) is 11.9. The van der Waals surface area contributed by atoms with Crippen LogP contribution >= 0.6 is 11.3 Å². The van der Waals surface area contributed by atoms with Gasteiger partial charge in [-0.25, -0.2) is 23.2 Å². The Morgan fingerprint density at radius 3 is 2.33 bits per heavy atom. The number of anilines is 1. The maximum absolute atomic E-state index is 13.0. The minimum absolute atomic E-state index is 0.0810. The first-order valence-corrected chi connectivity index (χ1v) is 11.1. The lowest BCUT2D eigenvalue weighted by molar-refractivity contribution is 0.0958. The number of rotatable bonds is 6. The summed E-state index contributed by atoms with van der Waals surface area (Å²) in [7, 11) is -3.82. The van der Waals surface area contributed by atoms with Gasteiger partial charge in [-0.15, -0.1) is 0 Å². The molecule has 7 nitrogen and oxygen atoms in total. The highest BCUT2D eigenvalue weighted by molar-refractivity contribution is 7.93. The van der Waals surface area contributed by atoms with Crippen LogP contribution in [0.1, 0.15) is 33.4 Å². The first-order chi connectivity index (χ1) is 14.2. The minimum atomic E-state index is -3.82. The van der Waals surface area contributed by atoms with Gasteiger partial charge in [-0.2, -0.15) is 5.10 Å². The molecule has 0 radical (unpaired) electrons. The Labute approximate surface area is 177 Å². The molecular formula is C20H19FN4O3S2. The Bertz CT molecular complexity index is 1200. The molecule has 1 aromatic heterocycles. The monoisotopic (exact) mass is 446 g/mol. The van der Waals surface area contributed by atoms with Crippen molar-refractivity contribution in [1.29, 1.82) is 0 Å². The average molecular weight is 447 g/mol. The lowest BCUT2D eigenvalue weighted by atomic mass is 10.1. The fourth-order valence-corrected chi connectivity index (χ4v) is 4.57. The van der Waals surface area contributed by atoms with Crippen molar-refractivity contribution in [2.75, 3.05) is 4.72 Å². The minimum Gasteiger partial charge on any atom is -0.266 e. The van der Waals surface area contributed by atoms with E-state index in [1.54, 1.807) is 38.1 Å². The van der Waals surface area contributed by atoms with Crippen molar-refractivity contribution in [3.05, 3.63) is 76.0 Å². The van der Waals surface area contributed by atoms with Gasteiger partial charge in [0, 0.05) is 0 Å². The highest BCUT2D eigenvalue weighted by atomic mass is 32.2. The highest BCUT2D eigenvalue weighted by Crippen LogP contribution is 2.25. The van der Waals surface area contributed by atoms with E-state index in [2.05, 4.69) is 20.2 Å². The predicted octanol–water partition coefficient (Wildman–Crippen LogP) is 3.85. The zero-order chi connectivity index (χ0) is 21.9. The van der Waals surface area contributed by atoms with E-state index in [1.165, 1.54) is 24.3 Å². The van der Waals surface area contributed by atoms with Crippen molar-refractivity contribution in [3.63, 3.8) is 0 Å². The Hall–Kier alpha value is -3.11. The number of benzene rings is 2. The van der Waals surface area contributed by atoms with Crippen molar-refractivity contribution in [3.8, 4) is 0 Å². The number of hydrogen-bond acceptors (Lipinski definition) is 6. The van der Waals surface area contributed by atoms with E-state index in [0.717, 1.165) is 16.9 Å². The topological polar surface area (TPSA) is 101 Å². The number of hydrogen-bond donors (Lipinski definition) is 2. The van der Waals surface area contributed by atoms with Gasteiger partial charge in [-0.3, -0.25) is 9.52 Å². The maximum Gasteiger partial charge on any atom is 0.283 e. The molecular weight excluding hydrogens is 427 g/mol. The molecule has 0 aliphatic carbocycles. The zero-order valence-electron chi connectivity index (χ0n) is 16.4. The van der Waals surface area contributed by atoms with Crippen LogP contribution in [0.2, 0.25) is 0 Å². The first-order valence-electron chi connectivity index (χ1n) is 8.83. The second-order valence-corrected chi connectivity index (χ2v) is 9.18. The van der Waals surface area contributed by atoms with Crippen LogP contribution in [0.25, 0.3) is 0 Å².